The zero-order chi connectivity index (χ0) is 15.7. The average Bonchev–Trinajstić information content (AvgIpc) is 2.45. The number of aliphatic carboxylic acids is 1. The Morgan fingerprint density at radius 2 is 2.14 bits per heavy atom. The number of ether oxygens (including phenoxy) is 1. The number of phenols is 1. The third-order valence-electron chi connectivity index (χ3n) is 2.53. The quantitative estimate of drug-likeness (QED) is 0.363. The number of carbonyl (C=O) groups excluding carboxylic acids is 1. The van der Waals surface area contributed by atoms with Crippen LogP contribution in [0.5, 0.6) is 11.5 Å². The first-order valence-corrected chi connectivity index (χ1v) is 6.32. The van der Waals surface area contributed by atoms with Crippen molar-refractivity contribution in [1.82, 2.24) is 0 Å². The summed E-state index contributed by atoms with van der Waals surface area (Å²) in [7, 11) is 1.44. The standard InChI is InChI=1S/C16H16O5/c1-21-15-11-12(8-10-14(15)18)7-9-13(17)5-3-2-4-6-16(19)20/h7-11,18H,2,4,6H2,1H3,(H,19,20)/b9-7+. The Kier molecular flexibility index (Phi) is 6.55. The van der Waals surface area contributed by atoms with Gasteiger partial charge in [-0.1, -0.05) is 18.1 Å². The lowest BCUT2D eigenvalue weighted by molar-refractivity contribution is -0.137. The largest absolute Gasteiger partial charge is 0.504 e. The summed E-state index contributed by atoms with van der Waals surface area (Å²) in [4.78, 5) is 21.8. The van der Waals surface area contributed by atoms with Gasteiger partial charge in [-0.25, -0.2) is 0 Å². The van der Waals surface area contributed by atoms with E-state index in [2.05, 4.69) is 11.8 Å². The number of ketones is 1. The molecule has 1 aromatic rings. The van der Waals surface area contributed by atoms with Crippen LogP contribution in [0.25, 0.3) is 6.08 Å². The van der Waals surface area contributed by atoms with Crippen LogP contribution < -0.4 is 4.74 Å². The Morgan fingerprint density at radius 3 is 2.81 bits per heavy atom. The van der Waals surface area contributed by atoms with Crippen molar-refractivity contribution in [3.8, 4) is 23.3 Å². The number of unbranched alkanes of at least 4 members (excludes halogenated alkanes) is 1. The maximum Gasteiger partial charge on any atom is 0.303 e. The molecule has 0 aliphatic rings. The van der Waals surface area contributed by atoms with Gasteiger partial charge in [0.1, 0.15) is 0 Å². The summed E-state index contributed by atoms with van der Waals surface area (Å²) in [6.07, 6.45) is 3.73. The molecule has 0 unspecified atom stereocenters. The van der Waals surface area contributed by atoms with E-state index in [1.165, 1.54) is 19.3 Å². The Balaban J connectivity index is 2.54. The summed E-state index contributed by atoms with van der Waals surface area (Å²) in [5.41, 5.74) is 0.700. The van der Waals surface area contributed by atoms with Crippen LogP contribution in [0.1, 0.15) is 24.8 Å². The number of carboxylic acids is 1. The SMILES string of the molecule is COc1cc(/C=C/C(=O)C#CCCCC(=O)O)ccc1O. The first-order chi connectivity index (χ1) is 10.0. The van der Waals surface area contributed by atoms with Crippen LogP contribution in [0.3, 0.4) is 0 Å². The maximum absolute atomic E-state index is 11.5. The van der Waals surface area contributed by atoms with Crippen LogP contribution in [0.15, 0.2) is 24.3 Å². The summed E-state index contributed by atoms with van der Waals surface area (Å²) in [5, 5.41) is 17.9. The summed E-state index contributed by atoms with van der Waals surface area (Å²) in [5.74, 6) is 4.16. The van der Waals surface area contributed by atoms with E-state index >= 15 is 0 Å². The fourth-order valence-electron chi connectivity index (χ4n) is 1.49. The second-order valence-electron chi connectivity index (χ2n) is 4.18. The van der Waals surface area contributed by atoms with Crippen LogP contribution >= 0.6 is 0 Å². The van der Waals surface area contributed by atoms with Crippen LogP contribution in [-0.2, 0) is 9.59 Å². The lowest BCUT2D eigenvalue weighted by atomic mass is 10.1. The minimum Gasteiger partial charge on any atom is -0.504 e. The van der Waals surface area contributed by atoms with Gasteiger partial charge in [0.15, 0.2) is 11.5 Å². The van der Waals surface area contributed by atoms with Gasteiger partial charge in [0.25, 0.3) is 0 Å². The number of methoxy groups -OCH3 is 1. The predicted molar refractivity (Wildman–Crippen MR) is 78.0 cm³/mol. The molecule has 2 N–H and O–H groups in total. The molecule has 1 rings (SSSR count). The van der Waals surface area contributed by atoms with Gasteiger partial charge in [0, 0.05) is 12.8 Å². The van der Waals surface area contributed by atoms with Gasteiger partial charge in [-0.3, -0.25) is 9.59 Å². The monoisotopic (exact) mass is 288 g/mol. The zero-order valence-corrected chi connectivity index (χ0v) is 11.6. The molecular weight excluding hydrogens is 272 g/mol. The highest BCUT2D eigenvalue weighted by atomic mass is 16.5. The van der Waals surface area contributed by atoms with Crippen molar-refractivity contribution < 1.29 is 24.5 Å². The fraction of sp³-hybridized carbons (Fsp3) is 0.250. The molecule has 0 saturated carbocycles. The fourth-order valence-corrected chi connectivity index (χ4v) is 1.49. The number of carboxylic acid groups (broad SMARTS) is 1. The van der Waals surface area contributed by atoms with Gasteiger partial charge in [-0.15, -0.1) is 0 Å². The third-order valence-corrected chi connectivity index (χ3v) is 2.53. The first kappa shape index (κ1) is 16.3. The number of benzene rings is 1. The Bertz CT molecular complexity index is 605. The van der Waals surface area contributed by atoms with Crippen molar-refractivity contribution in [1.29, 1.82) is 0 Å². The van der Waals surface area contributed by atoms with Crippen molar-refractivity contribution in [3.05, 3.63) is 29.8 Å². The molecule has 0 aromatic heterocycles. The molecule has 0 bridgehead atoms. The molecule has 0 spiro atoms. The minimum absolute atomic E-state index is 0.0270. The predicted octanol–water partition coefficient (Wildman–Crippen LogP) is 2.24. The minimum atomic E-state index is -0.871. The molecule has 21 heavy (non-hydrogen) atoms. The van der Waals surface area contributed by atoms with Gasteiger partial charge >= 0.3 is 5.97 Å². The van der Waals surface area contributed by atoms with E-state index in [0.717, 1.165) is 0 Å². The van der Waals surface area contributed by atoms with Crippen LogP contribution in [0.4, 0.5) is 0 Å². The van der Waals surface area contributed by atoms with Crippen LogP contribution in [0.2, 0.25) is 0 Å². The molecular formula is C16H16O5. The molecule has 0 aliphatic heterocycles. The molecule has 0 radical (unpaired) electrons. The molecule has 0 amide bonds. The second-order valence-corrected chi connectivity index (χ2v) is 4.18. The van der Waals surface area contributed by atoms with Gasteiger partial charge in [-0.2, -0.15) is 0 Å². The third kappa shape index (κ3) is 6.30. The van der Waals surface area contributed by atoms with Crippen molar-refractivity contribution >= 4 is 17.8 Å². The Hall–Kier alpha value is -2.74. The second kappa shape index (κ2) is 8.43. The molecule has 110 valence electrons. The van der Waals surface area contributed by atoms with E-state index in [1.807, 2.05) is 0 Å². The summed E-state index contributed by atoms with van der Waals surface area (Å²) in [6.45, 7) is 0. The van der Waals surface area contributed by atoms with E-state index in [-0.39, 0.29) is 18.0 Å². The normalized spacial score (nSPS) is 9.95. The van der Waals surface area contributed by atoms with E-state index < -0.39 is 5.97 Å². The number of phenolic OH excluding ortho intramolecular Hbond substituents is 1. The van der Waals surface area contributed by atoms with E-state index in [1.54, 1.807) is 18.2 Å². The van der Waals surface area contributed by atoms with Gasteiger partial charge in [0.05, 0.1) is 7.11 Å². The molecule has 1 aromatic carbocycles. The summed E-state index contributed by atoms with van der Waals surface area (Å²) < 4.78 is 4.96. The molecule has 0 atom stereocenters. The van der Waals surface area contributed by atoms with Crippen molar-refractivity contribution in [2.75, 3.05) is 7.11 Å². The van der Waals surface area contributed by atoms with Crippen molar-refractivity contribution in [3.63, 3.8) is 0 Å². The Morgan fingerprint density at radius 1 is 1.38 bits per heavy atom. The number of allylic oxidation sites excluding steroid dienone is 1. The number of rotatable bonds is 6. The summed E-state index contributed by atoms with van der Waals surface area (Å²) >= 11 is 0. The molecule has 5 heteroatoms. The van der Waals surface area contributed by atoms with E-state index in [4.69, 9.17) is 9.84 Å². The van der Waals surface area contributed by atoms with Crippen molar-refractivity contribution in [2.24, 2.45) is 0 Å². The molecule has 0 aliphatic carbocycles. The molecule has 5 nitrogen and oxygen atoms in total. The maximum atomic E-state index is 11.5. The van der Waals surface area contributed by atoms with Crippen molar-refractivity contribution in [2.45, 2.75) is 19.3 Å². The topological polar surface area (TPSA) is 83.8 Å². The lowest BCUT2D eigenvalue weighted by Gasteiger charge is -2.03. The average molecular weight is 288 g/mol. The summed E-state index contributed by atoms with van der Waals surface area (Å²) in [6, 6.07) is 4.71. The number of hydrogen-bond donors (Lipinski definition) is 2. The van der Waals surface area contributed by atoms with E-state index in [0.29, 0.717) is 24.2 Å². The number of carbonyl (C=O) groups is 2. The highest BCUT2D eigenvalue weighted by Gasteiger charge is 2.00. The van der Waals surface area contributed by atoms with Crippen LogP contribution in [0, 0.1) is 11.8 Å². The molecule has 0 fully saturated rings. The Labute approximate surface area is 122 Å². The highest BCUT2D eigenvalue weighted by Crippen LogP contribution is 2.26. The molecule has 0 heterocycles. The van der Waals surface area contributed by atoms with Gasteiger partial charge in [-0.05, 0) is 36.1 Å². The van der Waals surface area contributed by atoms with Crippen LogP contribution in [-0.4, -0.2) is 29.1 Å². The van der Waals surface area contributed by atoms with Gasteiger partial charge in [0.2, 0.25) is 5.78 Å². The smallest absolute Gasteiger partial charge is 0.303 e. The highest BCUT2D eigenvalue weighted by molar-refractivity contribution is 6.06. The number of hydrogen-bond acceptors (Lipinski definition) is 4. The van der Waals surface area contributed by atoms with Gasteiger partial charge < -0.3 is 14.9 Å². The number of aromatic hydroxyl groups is 1. The zero-order valence-electron chi connectivity index (χ0n) is 11.6. The lowest BCUT2D eigenvalue weighted by Crippen LogP contribution is -1.93. The first-order valence-electron chi connectivity index (χ1n) is 6.32. The van der Waals surface area contributed by atoms with E-state index in [9.17, 15) is 14.7 Å². The molecule has 0 saturated heterocycles.